The average Bonchev–Trinajstić information content (AvgIpc) is 3.84. The lowest BCUT2D eigenvalue weighted by Gasteiger charge is -2.27. The number of nitrogens with zero attached hydrogens (tertiary/aromatic N) is 10. The molecule has 23 heteroatoms. The minimum absolute atomic E-state index is 0. The molecule has 0 saturated heterocycles. The van der Waals surface area contributed by atoms with Crippen LogP contribution in [0, 0.1) is 5.41 Å². The molecular weight excluding hydrogens is 840 g/mol. The maximum atomic E-state index is 13.0. The van der Waals surface area contributed by atoms with Gasteiger partial charge in [-0.2, -0.15) is 25.4 Å². The molecule has 0 saturated carbocycles. The number of ether oxygens (including phenoxy) is 5. The molecule has 4 aromatic rings. The summed E-state index contributed by atoms with van der Waals surface area (Å²) >= 11 is 0. The van der Waals surface area contributed by atoms with E-state index in [1.54, 1.807) is 80.9 Å². The average molecular weight is 910 g/mol. The normalized spacial score (nSPS) is 10.9. The molecule has 0 aromatic carbocycles. The highest BCUT2D eigenvalue weighted by Crippen LogP contribution is 2.27. The monoisotopic (exact) mass is 909 g/mol. The summed E-state index contributed by atoms with van der Waals surface area (Å²) in [4.78, 5) is 55.4. The van der Waals surface area contributed by atoms with E-state index in [0.29, 0.717) is 41.0 Å². The molecule has 4 rings (SSSR count). The number of carbonyl (C=O) groups is 3. The zero-order valence-corrected chi connectivity index (χ0v) is 37.7. The summed E-state index contributed by atoms with van der Waals surface area (Å²) in [7, 11) is 0. The predicted octanol–water partition coefficient (Wildman–Crippen LogP) is 7.74. The van der Waals surface area contributed by atoms with Gasteiger partial charge in [0.1, 0.15) is 35.8 Å². The fourth-order valence-corrected chi connectivity index (χ4v) is 4.35. The van der Waals surface area contributed by atoms with Crippen LogP contribution in [-0.4, -0.2) is 92.8 Å². The van der Waals surface area contributed by atoms with Crippen molar-refractivity contribution in [3.63, 3.8) is 0 Å². The Morgan fingerprint density at radius 1 is 0.778 bits per heavy atom. The third kappa shape index (κ3) is 20.6. The summed E-state index contributed by atoms with van der Waals surface area (Å²) in [6.45, 7) is 21.1. The van der Waals surface area contributed by atoms with E-state index in [4.69, 9.17) is 29.4 Å². The summed E-state index contributed by atoms with van der Waals surface area (Å²) < 4.78 is 29.0. The lowest BCUT2D eigenvalue weighted by Crippen LogP contribution is -2.44. The number of nitrogens with one attached hydrogen (secondary N) is 3. The number of aromatic amines is 1. The van der Waals surface area contributed by atoms with Crippen LogP contribution in [0.15, 0.2) is 24.8 Å². The number of halogens is 1. The maximum Gasteiger partial charge on any atom is 0.427 e. The van der Waals surface area contributed by atoms with Crippen LogP contribution in [0.1, 0.15) is 128 Å². The fraction of sp³-hybridized carbons (Fsp3) is 0.625. The molecule has 0 aliphatic carbocycles. The second-order valence-corrected chi connectivity index (χ2v) is 16.3. The highest BCUT2D eigenvalue weighted by Gasteiger charge is 2.35. The number of carbonyl (C=O) groups excluding carboxylic acids is 3. The van der Waals surface area contributed by atoms with Crippen LogP contribution in [-0.2, 0) is 38.9 Å². The van der Waals surface area contributed by atoms with Gasteiger partial charge in [0.2, 0.25) is 11.9 Å². The van der Waals surface area contributed by atoms with Gasteiger partial charge in [-0.05, 0) is 75.2 Å². The number of nitrogen functional groups attached to an aromatic ring is 1. The number of anilines is 4. The van der Waals surface area contributed by atoms with E-state index >= 15 is 0 Å². The maximum absolute atomic E-state index is 13.0. The molecule has 0 spiro atoms. The lowest BCUT2D eigenvalue weighted by atomic mass is 9.98. The van der Waals surface area contributed by atoms with E-state index in [1.807, 2.05) is 6.92 Å². The zero-order chi connectivity index (χ0) is 44.5. The molecule has 0 bridgehead atoms. The van der Waals surface area contributed by atoms with Gasteiger partial charge in [0, 0.05) is 13.1 Å². The molecule has 0 atom stereocenters. The summed E-state index contributed by atoms with van der Waals surface area (Å²) in [5.41, 5.74) is 4.34. The first-order valence-electron chi connectivity index (χ1n) is 19.6. The smallest absolute Gasteiger partial charge is 0.427 e. The van der Waals surface area contributed by atoms with Crippen molar-refractivity contribution in [1.29, 1.82) is 0 Å². The van der Waals surface area contributed by atoms with Crippen LogP contribution in [0.5, 0.6) is 11.5 Å². The number of H-pyrrole nitrogens is 1. The fourth-order valence-electron chi connectivity index (χ4n) is 4.35. The zero-order valence-electron chi connectivity index (χ0n) is 36.9. The molecule has 4 aromatic heterocycles. The van der Waals surface area contributed by atoms with Crippen molar-refractivity contribution in [3.05, 3.63) is 36.2 Å². The summed E-state index contributed by atoms with van der Waals surface area (Å²) in [5, 5.41) is 24.5. The Kier molecular flexibility index (Phi) is 23.9. The van der Waals surface area contributed by atoms with Crippen LogP contribution in [0.25, 0.3) is 0 Å². The molecule has 22 nitrogen and oxygen atoms in total. The number of amides is 2. The van der Waals surface area contributed by atoms with Crippen molar-refractivity contribution in [2.75, 3.05) is 34.4 Å². The Labute approximate surface area is 377 Å². The first kappa shape index (κ1) is 56.9. The largest absolute Gasteiger partial charge is 0.482 e. The summed E-state index contributed by atoms with van der Waals surface area (Å²) in [6.07, 6.45) is 8.02. The Bertz CT molecular complexity index is 1930. The van der Waals surface area contributed by atoms with Gasteiger partial charge in [0.25, 0.3) is 0 Å². The number of nitrogens with two attached hydrogens (primary N) is 1. The SMILES string of the molecule is C.C.CCCCNc1nc(N(C(=O)OC(C)(C)C)C(=O)OC(C)(C)C)ncc1OCc1cn(COC(=O)C(C)(C)C)nn1.CCCCNc1nc(N)ncc1OCc1cn[nH]n1.Cl. The van der Waals surface area contributed by atoms with Crippen molar-refractivity contribution >= 4 is 54.1 Å². The van der Waals surface area contributed by atoms with Gasteiger partial charge in [0.05, 0.1) is 30.2 Å². The van der Waals surface area contributed by atoms with Crippen molar-refractivity contribution in [2.45, 2.75) is 148 Å². The van der Waals surface area contributed by atoms with Crippen LogP contribution >= 0.6 is 12.4 Å². The Balaban J connectivity index is 0.00000147. The van der Waals surface area contributed by atoms with E-state index in [2.05, 4.69) is 63.2 Å². The summed E-state index contributed by atoms with van der Waals surface area (Å²) in [5.74, 6) is 1.27. The van der Waals surface area contributed by atoms with Crippen molar-refractivity contribution < 1.29 is 38.1 Å². The Hall–Kier alpha value is -6.06. The van der Waals surface area contributed by atoms with Gasteiger partial charge in [-0.25, -0.2) is 24.2 Å². The molecule has 63 heavy (non-hydrogen) atoms. The molecule has 0 aliphatic rings. The van der Waals surface area contributed by atoms with E-state index in [1.165, 1.54) is 10.9 Å². The molecular formula is C40H69ClN14O8. The van der Waals surface area contributed by atoms with Crippen LogP contribution in [0.3, 0.4) is 0 Å². The Morgan fingerprint density at radius 3 is 1.79 bits per heavy atom. The first-order valence-corrected chi connectivity index (χ1v) is 19.6. The lowest BCUT2D eigenvalue weighted by molar-refractivity contribution is -0.157. The van der Waals surface area contributed by atoms with Crippen molar-refractivity contribution in [2.24, 2.45) is 5.41 Å². The topological polar surface area (TPSA) is 275 Å². The van der Waals surface area contributed by atoms with Gasteiger partial charge in [-0.3, -0.25) is 4.79 Å². The third-order valence-electron chi connectivity index (χ3n) is 7.26. The number of aromatic nitrogens is 10. The minimum atomic E-state index is -0.983. The first-order chi connectivity index (χ1) is 28.2. The van der Waals surface area contributed by atoms with Gasteiger partial charge in [-0.1, -0.05) is 46.8 Å². The number of hydrogen-bond donors (Lipinski definition) is 4. The molecule has 2 amide bonds. The number of rotatable bonds is 17. The van der Waals surface area contributed by atoms with E-state index in [0.717, 1.165) is 32.2 Å². The second kappa shape index (κ2) is 26.4. The summed E-state index contributed by atoms with van der Waals surface area (Å²) in [6, 6.07) is 0. The molecule has 0 fully saturated rings. The van der Waals surface area contributed by atoms with Gasteiger partial charge < -0.3 is 40.1 Å². The number of esters is 1. The van der Waals surface area contributed by atoms with Crippen molar-refractivity contribution in [1.82, 2.24) is 50.3 Å². The molecule has 0 radical (unpaired) electrons. The number of imide groups is 1. The van der Waals surface area contributed by atoms with Gasteiger partial charge >= 0.3 is 18.2 Å². The highest BCUT2D eigenvalue weighted by atomic mass is 35.5. The van der Waals surface area contributed by atoms with Crippen molar-refractivity contribution in [3.8, 4) is 11.5 Å². The Morgan fingerprint density at radius 2 is 1.30 bits per heavy atom. The quantitative estimate of drug-likeness (QED) is 0.0448. The third-order valence-corrected chi connectivity index (χ3v) is 7.26. The number of hydrogen-bond acceptors (Lipinski definition) is 19. The van der Waals surface area contributed by atoms with Gasteiger partial charge in [-0.15, -0.1) is 22.4 Å². The van der Waals surface area contributed by atoms with E-state index in [-0.39, 0.29) is 70.0 Å². The second-order valence-electron chi connectivity index (χ2n) is 16.3. The van der Waals surface area contributed by atoms with Gasteiger partial charge in [0.15, 0.2) is 29.9 Å². The van der Waals surface area contributed by atoms with E-state index < -0.39 is 28.8 Å². The molecule has 0 unspecified atom stereocenters. The molecule has 354 valence electrons. The van der Waals surface area contributed by atoms with Crippen LogP contribution < -0.4 is 30.7 Å². The van der Waals surface area contributed by atoms with Crippen LogP contribution in [0.4, 0.5) is 33.1 Å². The minimum Gasteiger partial charge on any atom is -0.482 e. The van der Waals surface area contributed by atoms with E-state index in [9.17, 15) is 14.4 Å². The molecule has 4 heterocycles. The standard InChI is InChI=1S/C27H43N7O7.C11H17N7O.2CH4.ClH/c1-11-12-13-28-20-19(38-16-18-15-33(32-31-18)17-39-21(35)25(2,3)4)14-29-22(30-20)34(23(36)40-26(5,6)7)24(37)41-27(8,9)10;1-2-3-4-13-10-9(6-14-11(12)16-10)19-7-8-5-15-18-17-8;;;/h14-15H,11-13,16-17H2,1-10H3,(H,28,29,30);5-6H,2-4,7H2,1H3,(H,15,17,18)(H3,12,13,14,16);2*1H4;1H. The molecule has 5 N–H and O–H groups in total. The highest BCUT2D eigenvalue weighted by molar-refractivity contribution is 6.08. The predicted molar refractivity (Wildman–Crippen MR) is 242 cm³/mol. The molecule has 0 aliphatic heterocycles. The number of unbranched alkanes of at least 4 members (excludes halogenated alkanes) is 2. The van der Waals surface area contributed by atoms with Crippen LogP contribution in [0.2, 0.25) is 0 Å².